The summed E-state index contributed by atoms with van der Waals surface area (Å²) < 4.78 is 67.1. The van der Waals surface area contributed by atoms with Crippen molar-refractivity contribution in [2.24, 2.45) is 0 Å². The van der Waals surface area contributed by atoms with Crippen LogP contribution in [0.2, 0.25) is 0 Å². The fourth-order valence-corrected chi connectivity index (χ4v) is 4.52. The minimum Gasteiger partial charge on any atom is -0.372 e. The van der Waals surface area contributed by atoms with Crippen LogP contribution in [0.1, 0.15) is 30.6 Å². The van der Waals surface area contributed by atoms with Gasteiger partial charge in [-0.1, -0.05) is 0 Å². The average Bonchev–Trinajstić information content (AvgIpc) is 2.72. The molecule has 0 bridgehead atoms. The van der Waals surface area contributed by atoms with E-state index in [4.69, 9.17) is 0 Å². The number of halogens is 3. The Bertz CT molecular complexity index is 821. The van der Waals surface area contributed by atoms with Crippen LogP contribution in [-0.4, -0.2) is 93.6 Å². The number of hydrogen-bond donors (Lipinski definition) is 0. The molecule has 1 fully saturated rings. The normalized spacial score (nSPS) is 16.3. The molecule has 1 aliphatic rings. The van der Waals surface area contributed by atoms with Crippen molar-refractivity contribution in [3.8, 4) is 0 Å². The molecule has 2 rings (SSSR count). The summed E-state index contributed by atoms with van der Waals surface area (Å²) >= 11 is 0. The number of carbonyl (C=O) groups is 1. The summed E-state index contributed by atoms with van der Waals surface area (Å²) in [6.07, 6.45) is -3.82. The summed E-state index contributed by atoms with van der Waals surface area (Å²) in [5.74, 6) is -0.172. The van der Waals surface area contributed by atoms with Crippen LogP contribution in [-0.2, 0) is 14.8 Å². The van der Waals surface area contributed by atoms with Crippen molar-refractivity contribution in [3.05, 3.63) is 29.8 Å². The summed E-state index contributed by atoms with van der Waals surface area (Å²) in [5.41, 5.74) is 0.417. The average molecular weight is 466 g/mol. The summed E-state index contributed by atoms with van der Waals surface area (Å²) in [4.78, 5) is 16.6. The minimum atomic E-state index is -4.31. The van der Waals surface area contributed by atoms with Gasteiger partial charge in [-0.15, -0.1) is 0 Å². The van der Waals surface area contributed by atoms with Gasteiger partial charge in [-0.05, 0) is 44.5 Å². The van der Waals surface area contributed by atoms with Crippen molar-refractivity contribution in [2.45, 2.75) is 37.4 Å². The zero-order valence-electron chi connectivity index (χ0n) is 18.1. The SMILES string of the molecule is CC(C)N(C)S(=O)(=O)c1ccc(C(=O)N2CCN(CCCOCC(F)(F)F)CC2)cc1. The molecule has 0 spiro atoms. The first-order chi connectivity index (χ1) is 14.4. The Morgan fingerprint density at radius 1 is 1.13 bits per heavy atom. The third kappa shape index (κ3) is 7.44. The molecule has 0 unspecified atom stereocenters. The van der Waals surface area contributed by atoms with Gasteiger partial charge in [0.15, 0.2) is 0 Å². The predicted molar refractivity (Wildman–Crippen MR) is 110 cm³/mol. The van der Waals surface area contributed by atoms with Gasteiger partial charge in [0.2, 0.25) is 10.0 Å². The highest BCUT2D eigenvalue weighted by molar-refractivity contribution is 7.89. The van der Waals surface area contributed by atoms with E-state index in [-0.39, 0.29) is 23.5 Å². The topological polar surface area (TPSA) is 70.2 Å². The maximum atomic E-state index is 12.7. The number of ether oxygens (including phenoxy) is 1. The molecule has 31 heavy (non-hydrogen) atoms. The Morgan fingerprint density at radius 2 is 1.71 bits per heavy atom. The number of alkyl halides is 3. The molecule has 176 valence electrons. The van der Waals surface area contributed by atoms with E-state index in [0.717, 1.165) is 0 Å². The molecule has 0 atom stereocenters. The molecule has 1 amide bonds. The van der Waals surface area contributed by atoms with Crippen LogP contribution in [0.25, 0.3) is 0 Å². The Kier molecular flexibility index (Phi) is 8.87. The molecule has 0 aliphatic carbocycles. The first-order valence-electron chi connectivity index (χ1n) is 10.2. The van der Waals surface area contributed by atoms with Crippen LogP contribution in [0.3, 0.4) is 0 Å². The molecule has 1 aromatic carbocycles. The van der Waals surface area contributed by atoms with Crippen LogP contribution in [0.15, 0.2) is 29.2 Å². The van der Waals surface area contributed by atoms with Gasteiger partial charge in [0, 0.05) is 58.0 Å². The molecule has 1 heterocycles. The van der Waals surface area contributed by atoms with Crippen molar-refractivity contribution in [1.82, 2.24) is 14.1 Å². The Balaban J connectivity index is 1.82. The van der Waals surface area contributed by atoms with Crippen LogP contribution in [0.5, 0.6) is 0 Å². The predicted octanol–water partition coefficient (Wildman–Crippen LogP) is 2.44. The molecule has 7 nitrogen and oxygen atoms in total. The number of sulfonamides is 1. The monoisotopic (exact) mass is 465 g/mol. The first-order valence-corrected chi connectivity index (χ1v) is 11.6. The van der Waals surface area contributed by atoms with Crippen molar-refractivity contribution in [1.29, 1.82) is 0 Å². The molecule has 1 aromatic rings. The Hall–Kier alpha value is -1.69. The molecule has 0 aromatic heterocycles. The van der Waals surface area contributed by atoms with Crippen molar-refractivity contribution in [2.75, 3.05) is 53.0 Å². The zero-order chi connectivity index (χ0) is 23.2. The lowest BCUT2D eigenvalue weighted by Crippen LogP contribution is -2.49. The van der Waals surface area contributed by atoms with Gasteiger partial charge in [0.25, 0.3) is 5.91 Å². The van der Waals surface area contributed by atoms with E-state index in [1.54, 1.807) is 18.7 Å². The third-order valence-corrected chi connectivity index (χ3v) is 7.24. The van der Waals surface area contributed by atoms with Crippen LogP contribution < -0.4 is 0 Å². The third-order valence-electron chi connectivity index (χ3n) is 5.19. The van der Waals surface area contributed by atoms with E-state index in [1.165, 1.54) is 35.6 Å². The number of piperazine rings is 1. The van der Waals surface area contributed by atoms with Crippen LogP contribution in [0.4, 0.5) is 13.2 Å². The fraction of sp³-hybridized carbons (Fsp3) is 0.650. The summed E-state index contributed by atoms with van der Waals surface area (Å²) in [7, 11) is -2.09. The van der Waals surface area contributed by atoms with Gasteiger partial charge in [-0.3, -0.25) is 9.69 Å². The van der Waals surface area contributed by atoms with E-state index in [1.807, 2.05) is 0 Å². The van der Waals surface area contributed by atoms with Gasteiger partial charge in [0.05, 0.1) is 4.90 Å². The Labute approximate surface area is 181 Å². The largest absolute Gasteiger partial charge is 0.411 e. The van der Waals surface area contributed by atoms with Crippen LogP contribution in [0, 0.1) is 0 Å². The molecular formula is C20H30F3N3O4S. The molecular weight excluding hydrogens is 435 g/mol. The number of nitrogens with zero attached hydrogens (tertiary/aromatic N) is 3. The highest BCUT2D eigenvalue weighted by Gasteiger charge is 2.28. The number of hydrogen-bond acceptors (Lipinski definition) is 5. The highest BCUT2D eigenvalue weighted by Crippen LogP contribution is 2.18. The number of rotatable bonds is 9. The second-order valence-corrected chi connectivity index (χ2v) is 9.79. The van der Waals surface area contributed by atoms with Gasteiger partial charge in [0.1, 0.15) is 6.61 Å². The van der Waals surface area contributed by atoms with E-state index >= 15 is 0 Å². The van der Waals surface area contributed by atoms with E-state index in [9.17, 15) is 26.4 Å². The van der Waals surface area contributed by atoms with Crippen molar-refractivity contribution in [3.63, 3.8) is 0 Å². The fourth-order valence-electron chi connectivity index (χ4n) is 3.15. The van der Waals surface area contributed by atoms with Crippen LogP contribution >= 0.6 is 0 Å². The smallest absolute Gasteiger partial charge is 0.372 e. The van der Waals surface area contributed by atoms with Gasteiger partial charge >= 0.3 is 6.18 Å². The van der Waals surface area contributed by atoms with Gasteiger partial charge in [-0.2, -0.15) is 17.5 Å². The number of carbonyl (C=O) groups excluding carboxylic acids is 1. The maximum absolute atomic E-state index is 12.7. The van der Waals surface area contributed by atoms with E-state index in [2.05, 4.69) is 9.64 Å². The lowest BCUT2D eigenvalue weighted by atomic mass is 10.2. The summed E-state index contributed by atoms with van der Waals surface area (Å²) in [6, 6.07) is 5.75. The second kappa shape index (κ2) is 10.8. The lowest BCUT2D eigenvalue weighted by molar-refractivity contribution is -0.174. The van der Waals surface area contributed by atoms with Gasteiger partial charge in [-0.25, -0.2) is 8.42 Å². The molecule has 1 saturated heterocycles. The van der Waals surface area contributed by atoms with Gasteiger partial charge < -0.3 is 9.64 Å². The van der Waals surface area contributed by atoms with Crippen molar-refractivity contribution < 1.29 is 31.1 Å². The molecule has 0 N–H and O–H groups in total. The van der Waals surface area contributed by atoms with E-state index in [0.29, 0.717) is 44.7 Å². The van der Waals surface area contributed by atoms with Crippen molar-refractivity contribution >= 4 is 15.9 Å². The molecule has 11 heteroatoms. The lowest BCUT2D eigenvalue weighted by Gasteiger charge is -2.34. The zero-order valence-corrected chi connectivity index (χ0v) is 18.9. The molecule has 0 saturated carbocycles. The number of benzene rings is 1. The second-order valence-electron chi connectivity index (χ2n) is 7.79. The maximum Gasteiger partial charge on any atom is 0.411 e. The van der Waals surface area contributed by atoms with E-state index < -0.39 is 22.8 Å². The summed E-state index contributed by atoms with van der Waals surface area (Å²) in [6.45, 7) is 5.22. The number of amides is 1. The molecule has 0 radical (unpaired) electrons. The highest BCUT2D eigenvalue weighted by atomic mass is 32.2. The minimum absolute atomic E-state index is 0.0416. The quantitative estimate of drug-likeness (QED) is 0.524. The standard InChI is InChI=1S/C20H30F3N3O4S/c1-16(2)24(3)31(28,29)18-7-5-17(6-8-18)19(27)26-12-10-25(11-13-26)9-4-14-30-15-20(21,22)23/h5-8,16H,4,9-15H2,1-3H3. The summed E-state index contributed by atoms with van der Waals surface area (Å²) in [5, 5.41) is 0. The molecule has 1 aliphatic heterocycles. The first kappa shape index (κ1) is 25.6. The Morgan fingerprint density at radius 3 is 2.23 bits per heavy atom.